The van der Waals surface area contributed by atoms with Crippen LogP contribution in [0.3, 0.4) is 0 Å². The largest absolute Gasteiger partial charge is 0.480 e. The van der Waals surface area contributed by atoms with Gasteiger partial charge in [-0.1, -0.05) is 0 Å². The van der Waals surface area contributed by atoms with Crippen LogP contribution in [0, 0.1) is 13.8 Å². The summed E-state index contributed by atoms with van der Waals surface area (Å²) in [5, 5.41) is 11.4. The minimum Gasteiger partial charge on any atom is -0.480 e. The van der Waals surface area contributed by atoms with Crippen LogP contribution in [0.4, 0.5) is 0 Å². The normalized spacial score (nSPS) is 11.9. The first-order valence-corrected chi connectivity index (χ1v) is 6.52. The van der Waals surface area contributed by atoms with Crippen LogP contribution in [0.15, 0.2) is 6.07 Å². The van der Waals surface area contributed by atoms with Gasteiger partial charge in [0.15, 0.2) is 0 Å². The standard InChI is InChI=1S/C12H16N2O4S/c1-6-5-9(19-7(6)2)11(16)14-8(12(17)18)3-4-10(13)15/h5,8H,3-4H2,1-2H3,(H2,13,15)(H,14,16)(H,17,18)/t8-/m1/s1. The second-order valence-corrected chi connectivity index (χ2v) is 5.48. The van der Waals surface area contributed by atoms with E-state index in [2.05, 4.69) is 5.32 Å². The van der Waals surface area contributed by atoms with Crippen molar-refractivity contribution in [2.75, 3.05) is 0 Å². The predicted octanol–water partition coefficient (Wildman–Crippen LogP) is 0.813. The van der Waals surface area contributed by atoms with Gasteiger partial charge in [0, 0.05) is 11.3 Å². The molecule has 0 radical (unpaired) electrons. The molecule has 0 aliphatic carbocycles. The summed E-state index contributed by atoms with van der Waals surface area (Å²) >= 11 is 1.30. The molecule has 2 amide bonds. The van der Waals surface area contributed by atoms with Gasteiger partial charge in [-0.15, -0.1) is 11.3 Å². The second kappa shape index (κ2) is 6.33. The summed E-state index contributed by atoms with van der Waals surface area (Å²) < 4.78 is 0. The summed E-state index contributed by atoms with van der Waals surface area (Å²) in [5.74, 6) is -2.22. The summed E-state index contributed by atoms with van der Waals surface area (Å²) in [6.45, 7) is 3.77. The van der Waals surface area contributed by atoms with Crippen molar-refractivity contribution in [1.29, 1.82) is 0 Å². The van der Waals surface area contributed by atoms with Gasteiger partial charge >= 0.3 is 5.97 Å². The van der Waals surface area contributed by atoms with Gasteiger partial charge in [-0.05, 0) is 31.9 Å². The van der Waals surface area contributed by atoms with Crippen molar-refractivity contribution in [3.8, 4) is 0 Å². The first kappa shape index (κ1) is 15.2. The van der Waals surface area contributed by atoms with Gasteiger partial charge in [0.25, 0.3) is 5.91 Å². The van der Waals surface area contributed by atoms with Crippen molar-refractivity contribution in [1.82, 2.24) is 5.32 Å². The number of nitrogens with one attached hydrogen (secondary N) is 1. The number of nitrogens with two attached hydrogens (primary N) is 1. The van der Waals surface area contributed by atoms with E-state index in [0.717, 1.165) is 10.4 Å². The molecule has 0 aliphatic rings. The van der Waals surface area contributed by atoms with Gasteiger partial charge in [0.2, 0.25) is 5.91 Å². The Labute approximate surface area is 114 Å². The number of primary amides is 1. The van der Waals surface area contributed by atoms with Gasteiger partial charge in [0.1, 0.15) is 6.04 Å². The SMILES string of the molecule is Cc1cc(C(=O)N[C@H](CCC(N)=O)C(=O)O)sc1C. The molecule has 1 rings (SSSR count). The van der Waals surface area contributed by atoms with E-state index in [1.165, 1.54) is 11.3 Å². The molecule has 6 nitrogen and oxygen atoms in total. The molecule has 0 unspecified atom stereocenters. The summed E-state index contributed by atoms with van der Waals surface area (Å²) in [4.78, 5) is 35.0. The molecular weight excluding hydrogens is 268 g/mol. The maximum absolute atomic E-state index is 11.9. The lowest BCUT2D eigenvalue weighted by Gasteiger charge is -2.12. The van der Waals surface area contributed by atoms with Gasteiger partial charge in [-0.3, -0.25) is 9.59 Å². The second-order valence-electron chi connectivity index (χ2n) is 4.22. The molecule has 0 bridgehead atoms. The van der Waals surface area contributed by atoms with Crippen molar-refractivity contribution in [3.63, 3.8) is 0 Å². The minimum atomic E-state index is -1.18. The number of carboxylic acids is 1. The smallest absolute Gasteiger partial charge is 0.326 e. The molecule has 1 aromatic rings. The molecule has 4 N–H and O–H groups in total. The van der Waals surface area contributed by atoms with E-state index in [1.807, 2.05) is 13.8 Å². The highest BCUT2D eigenvalue weighted by molar-refractivity contribution is 7.14. The van der Waals surface area contributed by atoms with Gasteiger partial charge in [-0.25, -0.2) is 4.79 Å². The average molecular weight is 284 g/mol. The summed E-state index contributed by atoms with van der Waals surface area (Å²) in [7, 11) is 0. The third kappa shape index (κ3) is 4.36. The van der Waals surface area contributed by atoms with Crippen LogP contribution in [0.25, 0.3) is 0 Å². The fourth-order valence-corrected chi connectivity index (χ4v) is 2.40. The first-order valence-electron chi connectivity index (χ1n) is 5.70. The third-order valence-electron chi connectivity index (χ3n) is 2.67. The predicted molar refractivity (Wildman–Crippen MR) is 71.1 cm³/mol. The molecule has 1 heterocycles. The van der Waals surface area contributed by atoms with E-state index in [9.17, 15) is 14.4 Å². The van der Waals surface area contributed by atoms with Crippen LogP contribution in [-0.2, 0) is 9.59 Å². The van der Waals surface area contributed by atoms with Crippen LogP contribution < -0.4 is 11.1 Å². The molecule has 19 heavy (non-hydrogen) atoms. The Kier molecular flexibility index (Phi) is 5.05. The molecule has 7 heteroatoms. The monoisotopic (exact) mass is 284 g/mol. The zero-order valence-electron chi connectivity index (χ0n) is 10.7. The van der Waals surface area contributed by atoms with Crippen LogP contribution in [0.5, 0.6) is 0 Å². The Hall–Kier alpha value is -1.89. The highest BCUT2D eigenvalue weighted by atomic mass is 32.1. The van der Waals surface area contributed by atoms with Crippen molar-refractivity contribution in [2.45, 2.75) is 32.7 Å². The van der Waals surface area contributed by atoms with Crippen molar-refractivity contribution in [3.05, 3.63) is 21.4 Å². The van der Waals surface area contributed by atoms with Gasteiger partial charge in [-0.2, -0.15) is 0 Å². The number of carboxylic acid groups (broad SMARTS) is 1. The maximum atomic E-state index is 11.9. The third-order valence-corrected chi connectivity index (χ3v) is 3.82. The molecule has 0 saturated heterocycles. The quantitative estimate of drug-likeness (QED) is 0.718. The van der Waals surface area contributed by atoms with E-state index in [4.69, 9.17) is 10.8 Å². The number of thiophene rings is 1. The highest BCUT2D eigenvalue weighted by Crippen LogP contribution is 2.20. The highest BCUT2D eigenvalue weighted by Gasteiger charge is 2.22. The Bertz CT molecular complexity index is 490. The number of carbonyl (C=O) groups excluding carboxylic acids is 2. The number of aliphatic carboxylic acids is 1. The maximum Gasteiger partial charge on any atom is 0.326 e. The van der Waals surface area contributed by atoms with Gasteiger partial charge in [0.05, 0.1) is 4.88 Å². The number of aryl methyl sites for hydroxylation is 2. The first-order chi connectivity index (χ1) is 8.81. The van der Waals surface area contributed by atoms with E-state index in [1.54, 1.807) is 6.07 Å². The number of rotatable bonds is 6. The van der Waals surface area contributed by atoms with Crippen LogP contribution in [0.2, 0.25) is 0 Å². The Morgan fingerprint density at radius 2 is 2.05 bits per heavy atom. The van der Waals surface area contributed by atoms with E-state index in [0.29, 0.717) is 4.88 Å². The topological polar surface area (TPSA) is 109 Å². The number of hydrogen-bond donors (Lipinski definition) is 3. The molecule has 1 aromatic heterocycles. The van der Waals surface area contributed by atoms with E-state index in [-0.39, 0.29) is 12.8 Å². The number of carbonyl (C=O) groups is 3. The fourth-order valence-electron chi connectivity index (χ4n) is 1.46. The summed E-state index contributed by atoms with van der Waals surface area (Å²) in [6.07, 6.45) is -0.0977. The van der Waals surface area contributed by atoms with Crippen molar-refractivity contribution >= 4 is 29.1 Å². The van der Waals surface area contributed by atoms with Gasteiger partial charge < -0.3 is 16.2 Å². The Morgan fingerprint density at radius 3 is 2.47 bits per heavy atom. The van der Waals surface area contributed by atoms with Crippen LogP contribution >= 0.6 is 11.3 Å². The zero-order chi connectivity index (χ0) is 14.6. The lowest BCUT2D eigenvalue weighted by Crippen LogP contribution is -2.41. The summed E-state index contributed by atoms with van der Waals surface area (Å²) in [5.41, 5.74) is 5.95. The summed E-state index contributed by atoms with van der Waals surface area (Å²) in [6, 6.07) is 0.602. The van der Waals surface area contributed by atoms with E-state index >= 15 is 0 Å². The molecule has 0 fully saturated rings. The Morgan fingerprint density at radius 1 is 1.42 bits per heavy atom. The van der Waals surface area contributed by atoms with Crippen molar-refractivity contribution in [2.24, 2.45) is 5.73 Å². The molecule has 1 atom stereocenters. The molecular formula is C12H16N2O4S. The molecule has 0 spiro atoms. The number of amides is 2. The Balaban J connectivity index is 2.71. The fraction of sp³-hybridized carbons (Fsp3) is 0.417. The van der Waals surface area contributed by atoms with Crippen LogP contribution in [0.1, 0.15) is 33.0 Å². The average Bonchev–Trinajstić information content (AvgIpc) is 2.64. The van der Waals surface area contributed by atoms with E-state index < -0.39 is 23.8 Å². The minimum absolute atomic E-state index is 0.0141. The molecule has 0 saturated carbocycles. The lowest BCUT2D eigenvalue weighted by atomic mass is 10.1. The molecule has 0 aromatic carbocycles. The van der Waals surface area contributed by atoms with Crippen molar-refractivity contribution < 1.29 is 19.5 Å². The lowest BCUT2D eigenvalue weighted by molar-refractivity contribution is -0.139. The number of hydrogen-bond acceptors (Lipinski definition) is 4. The molecule has 104 valence electrons. The van der Waals surface area contributed by atoms with Crippen LogP contribution in [-0.4, -0.2) is 28.9 Å². The zero-order valence-corrected chi connectivity index (χ0v) is 11.5. The molecule has 0 aliphatic heterocycles.